The lowest BCUT2D eigenvalue weighted by Crippen LogP contribution is -2.32. The molecule has 1 aromatic rings. The van der Waals surface area contributed by atoms with E-state index in [1.54, 1.807) is 5.38 Å². The van der Waals surface area contributed by atoms with Gasteiger partial charge in [-0.25, -0.2) is 0 Å². The van der Waals surface area contributed by atoms with Crippen LogP contribution in [0.5, 0.6) is 0 Å². The topological polar surface area (TPSA) is 51.1 Å². The van der Waals surface area contributed by atoms with Crippen LogP contribution in [-0.2, 0) is 11.3 Å². The normalized spacial score (nSPS) is 15.5. The Hall–Kier alpha value is -1.10. The molecule has 1 saturated carbocycles. The van der Waals surface area contributed by atoms with Gasteiger partial charge in [0.1, 0.15) is 6.54 Å². The zero-order valence-corrected chi connectivity index (χ0v) is 8.76. The van der Waals surface area contributed by atoms with Crippen molar-refractivity contribution in [1.29, 1.82) is 0 Å². The number of carbonyl (C=O) groups excluding carboxylic acids is 1. The summed E-state index contributed by atoms with van der Waals surface area (Å²) in [7, 11) is 0. The van der Waals surface area contributed by atoms with Gasteiger partial charge in [-0.3, -0.25) is 14.2 Å². The van der Waals surface area contributed by atoms with Crippen LogP contribution in [0, 0.1) is 6.92 Å². The van der Waals surface area contributed by atoms with Crippen molar-refractivity contribution in [3.63, 3.8) is 0 Å². The van der Waals surface area contributed by atoms with Gasteiger partial charge in [0.2, 0.25) is 5.91 Å². The molecule has 1 fully saturated rings. The van der Waals surface area contributed by atoms with Gasteiger partial charge >= 0.3 is 4.87 Å². The van der Waals surface area contributed by atoms with Gasteiger partial charge in [-0.05, 0) is 19.8 Å². The summed E-state index contributed by atoms with van der Waals surface area (Å²) in [6, 6.07) is 0.358. The van der Waals surface area contributed by atoms with Crippen LogP contribution in [-0.4, -0.2) is 16.5 Å². The highest BCUT2D eigenvalue weighted by molar-refractivity contribution is 7.07. The number of amides is 1. The minimum Gasteiger partial charge on any atom is -0.352 e. The van der Waals surface area contributed by atoms with Gasteiger partial charge < -0.3 is 5.32 Å². The van der Waals surface area contributed by atoms with Gasteiger partial charge in [-0.15, -0.1) is 0 Å². The summed E-state index contributed by atoms with van der Waals surface area (Å²) in [5.74, 6) is -0.0592. The molecule has 1 aromatic heterocycles. The Balaban J connectivity index is 2.02. The quantitative estimate of drug-likeness (QED) is 0.793. The van der Waals surface area contributed by atoms with Crippen molar-refractivity contribution in [1.82, 2.24) is 9.88 Å². The number of hydrogen-bond acceptors (Lipinski definition) is 3. The van der Waals surface area contributed by atoms with Crippen LogP contribution >= 0.6 is 11.3 Å². The molecular formula is C9H12N2O2S. The predicted molar refractivity (Wildman–Crippen MR) is 54.5 cm³/mol. The first-order valence-electron chi connectivity index (χ1n) is 4.61. The van der Waals surface area contributed by atoms with E-state index in [9.17, 15) is 9.59 Å². The minimum absolute atomic E-state index is 0.0592. The molecule has 1 N–H and O–H groups in total. The Labute approximate surface area is 85.6 Å². The lowest BCUT2D eigenvalue weighted by atomic mass is 10.5. The minimum atomic E-state index is -0.0616. The monoisotopic (exact) mass is 212 g/mol. The van der Waals surface area contributed by atoms with E-state index in [1.807, 2.05) is 6.92 Å². The van der Waals surface area contributed by atoms with Crippen LogP contribution in [0.4, 0.5) is 0 Å². The molecular weight excluding hydrogens is 200 g/mol. The summed E-state index contributed by atoms with van der Waals surface area (Å²) in [5, 5.41) is 4.62. The molecule has 1 amide bonds. The van der Waals surface area contributed by atoms with Crippen molar-refractivity contribution in [2.45, 2.75) is 32.4 Å². The molecule has 0 aromatic carbocycles. The van der Waals surface area contributed by atoms with E-state index in [-0.39, 0.29) is 17.3 Å². The third kappa shape index (κ3) is 2.04. The Morgan fingerprint density at radius 2 is 2.43 bits per heavy atom. The molecule has 2 rings (SSSR count). The predicted octanol–water partition coefficient (Wildman–Crippen LogP) is 0.497. The molecule has 1 heterocycles. The number of nitrogens with zero attached hydrogens (tertiary/aromatic N) is 1. The maximum Gasteiger partial charge on any atom is 0.307 e. The zero-order chi connectivity index (χ0) is 10.1. The highest BCUT2D eigenvalue weighted by atomic mass is 32.1. The Morgan fingerprint density at radius 3 is 2.93 bits per heavy atom. The third-order valence-electron chi connectivity index (χ3n) is 2.22. The third-order valence-corrected chi connectivity index (χ3v) is 3.10. The second kappa shape index (κ2) is 3.57. The summed E-state index contributed by atoms with van der Waals surface area (Å²) in [4.78, 5) is 22.6. The van der Waals surface area contributed by atoms with E-state index in [0.717, 1.165) is 29.9 Å². The summed E-state index contributed by atoms with van der Waals surface area (Å²) in [6.45, 7) is 1.99. The molecule has 0 saturated heterocycles. The molecule has 76 valence electrons. The van der Waals surface area contributed by atoms with E-state index in [0.29, 0.717) is 6.04 Å². The van der Waals surface area contributed by atoms with E-state index in [2.05, 4.69) is 5.32 Å². The molecule has 14 heavy (non-hydrogen) atoms. The number of carbonyl (C=O) groups is 1. The van der Waals surface area contributed by atoms with Gasteiger partial charge in [-0.1, -0.05) is 11.3 Å². The second-order valence-corrected chi connectivity index (χ2v) is 4.39. The van der Waals surface area contributed by atoms with Crippen molar-refractivity contribution in [3.05, 3.63) is 20.7 Å². The molecule has 4 nitrogen and oxygen atoms in total. The number of nitrogens with one attached hydrogen (secondary N) is 1. The molecule has 0 bridgehead atoms. The Kier molecular flexibility index (Phi) is 2.41. The summed E-state index contributed by atoms with van der Waals surface area (Å²) < 4.78 is 1.50. The molecule has 1 aliphatic rings. The summed E-state index contributed by atoms with van der Waals surface area (Å²) in [5.41, 5.74) is 0.853. The van der Waals surface area contributed by atoms with Gasteiger partial charge in [0, 0.05) is 17.1 Å². The van der Waals surface area contributed by atoms with Crippen molar-refractivity contribution < 1.29 is 4.79 Å². The smallest absolute Gasteiger partial charge is 0.307 e. The van der Waals surface area contributed by atoms with Crippen molar-refractivity contribution in [2.75, 3.05) is 0 Å². The highest BCUT2D eigenvalue weighted by Crippen LogP contribution is 2.18. The van der Waals surface area contributed by atoms with Gasteiger partial charge in [0.25, 0.3) is 0 Å². The van der Waals surface area contributed by atoms with Crippen LogP contribution in [0.15, 0.2) is 10.2 Å². The van der Waals surface area contributed by atoms with Gasteiger partial charge in [-0.2, -0.15) is 0 Å². The van der Waals surface area contributed by atoms with E-state index < -0.39 is 0 Å². The number of aryl methyl sites for hydroxylation is 1. The zero-order valence-electron chi connectivity index (χ0n) is 7.95. The fourth-order valence-electron chi connectivity index (χ4n) is 1.24. The van der Waals surface area contributed by atoms with Crippen molar-refractivity contribution in [3.8, 4) is 0 Å². The lowest BCUT2D eigenvalue weighted by Gasteiger charge is -2.04. The fraction of sp³-hybridized carbons (Fsp3) is 0.556. The standard InChI is InChI=1S/C9H12N2O2S/c1-6-5-14-9(13)11(6)4-8(12)10-7-2-3-7/h5,7H,2-4H2,1H3,(H,10,12). The number of hydrogen-bond donors (Lipinski definition) is 1. The number of aromatic nitrogens is 1. The van der Waals surface area contributed by atoms with Crippen molar-refractivity contribution in [2.24, 2.45) is 0 Å². The largest absolute Gasteiger partial charge is 0.352 e. The van der Waals surface area contributed by atoms with Crippen LogP contribution < -0.4 is 10.2 Å². The van der Waals surface area contributed by atoms with Crippen molar-refractivity contribution >= 4 is 17.2 Å². The first kappa shape index (κ1) is 9.45. The van der Waals surface area contributed by atoms with E-state index in [1.165, 1.54) is 4.57 Å². The molecule has 1 aliphatic carbocycles. The Morgan fingerprint density at radius 1 is 1.71 bits per heavy atom. The fourth-order valence-corrected chi connectivity index (χ4v) is 1.98. The lowest BCUT2D eigenvalue weighted by molar-refractivity contribution is -0.121. The maximum absolute atomic E-state index is 11.4. The number of rotatable bonds is 3. The molecule has 0 atom stereocenters. The maximum atomic E-state index is 11.4. The highest BCUT2D eigenvalue weighted by Gasteiger charge is 2.23. The second-order valence-electron chi connectivity index (χ2n) is 3.57. The van der Waals surface area contributed by atoms with Gasteiger partial charge in [0.05, 0.1) is 0 Å². The SMILES string of the molecule is Cc1csc(=O)n1CC(=O)NC1CC1. The Bertz CT molecular complexity index is 403. The van der Waals surface area contributed by atoms with Crippen LogP contribution in [0.1, 0.15) is 18.5 Å². The van der Waals surface area contributed by atoms with Gasteiger partial charge in [0.15, 0.2) is 0 Å². The summed E-state index contributed by atoms with van der Waals surface area (Å²) >= 11 is 1.13. The van der Waals surface area contributed by atoms with E-state index in [4.69, 9.17) is 0 Å². The first-order chi connectivity index (χ1) is 6.66. The average Bonchev–Trinajstić information content (AvgIpc) is 2.88. The molecule has 0 unspecified atom stereocenters. The molecule has 0 spiro atoms. The molecule has 5 heteroatoms. The van der Waals surface area contributed by atoms with E-state index >= 15 is 0 Å². The van der Waals surface area contributed by atoms with Crippen LogP contribution in [0.3, 0.4) is 0 Å². The van der Waals surface area contributed by atoms with Crippen LogP contribution in [0.25, 0.3) is 0 Å². The van der Waals surface area contributed by atoms with Crippen LogP contribution in [0.2, 0.25) is 0 Å². The summed E-state index contributed by atoms with van der Waals surface area (Å²) in [6.07, 6.45) is 2.15. The number of thiazole rings is 1. The first-order valence-corrected chi connectivity index (χ1v) is 5.49. The average molecular weight is 212 g/mol. The molecule has 0 radical (unpaired) electrons. The molecule has 0 aliphatic heterocycles.